The summed E-state index contributed by atoms with van der Waals surface area (Å²) in [6.07, 6.45) is 5.43. The van der Waals surface area contributed by atoms with E-state index >= 15 is 0 Å². The highest BCUT2D eigenvalue weighted by atomic mass is 32.1. The van der Waals surface area contributed by atoms with Crippen LogP contribution in [-0.4, -0.2) is 32.7 Å². The summed E-state index contributed by atoms with van der Waals surface area (Å²) >= 11 is 5.28. The van der Waals surface area contributed by atoms with Gasteiger partial charge >= 0.3 is 5.69 Å². The number of aromatic nitrogens is 4. The van der Waals surface area contributed by atoms with Crippen LogP contribution in [0.5, 0.6) is 11.5 Å². The first kappa shape index (κ1) is 18.7. The summed E-state index contributed by atoms with van der Waals surface area (Å²) in [6.45, 7) is 2.43. The number of hydrogen-bond acceptors (Lipinski definition) is 5. The monoisotopic (exact) mass is 400 g/mol. The number of ether oxygens (including phenoxy) is 2. The molecule has 1 fully saturated rings. The summed E-state index contributed by atoms with van der Waals surface area (Å²) in [7, 11) is 1.65. The van der Waals surface area contributed by atoms with E-state index in [0.717, 1.165) is 35.7 Å². The molecule has 0 atom stereocenters. The van der Waals surface area contributed by atoms with Crippen molar-refractivity contribution >= 4 is 23.4 Å². The van der Waals surface area contributed by atoms with Gasteiger partial charge in [-0.05, 0) is 50.3 Å². The van der Waals surface area contributed by atoms with Gasteiger partial charge in [0, 0.05) is 13.0 Å². The SMILES string of the molecule is CCn1c(=O)[nH]c(=S)c2[nH]c(Cc3ccc(OC)c(OC4CCCC4)c3)nc21. The van der Waals surface area contributed by atoms with Crippen molar-refractivity contribution < 1.29 is 9.47 Å². The van der Waals surface area contributed by atoms with Gasteiger partial charge in [0.15, 0.2) is 17.1 Å². The molecule has 2 aromatic heterocycles. The Labute approximate surface area is 167 Å². The van der Waals surface area contributed by atoms with Gasteiger partial charge in [0.1, 0.15) is 16.0 Å². The standard InChI is InChI=1S/C20H24N4O3S/c1-3-24-18-17(19(28)23-20(24)25)21-16(22-18)11-12-8-9-14(26-2)15(10-12)27-13-6-4-5-7-13/h8-10,13H,3-7,11H2,1-2H3,(H,21,22)(H,23,25,28). The highest BCUT2D eigenvalue weighted by molar-refractivity contribution is 7.71. The molecule has 2 N–H and O–H groups in total. The van der Waals surface area contributed by atoms with Gasteiger partial charge in [-0.25, -0.2) is 9.78 Å². The molecule has 2 heterocycles. The molecule has 4 rings (SSSR count). The lowest BCUT2D eigenvalue weighted by atomic mass is 10.1. The third kappa shape index (κ3) is 3.56. The molecule has 28 heavy (non-hydrogen) atoms. The van der Waals surface area contributed by atoms with Crippen LogP contribution < -0.4 is 15.2 Å². The van der Waals surface area contributed by atoms with Crippen LogP contribution in [0.1, 0.15) is 44.0 Å². The number of methoxy groups -OCH3 is 1. The molecule has 0 radical (unpaired) electrons. The topological polar surface area (TPSA) is 84.9 Å². The zero-order valence-corrected chi connectivity index (χ0v) is 16.9. The summed E-state index contributed by atoms with van der Waals surface area (Å²) in [5.41, 5.74) is 2.08. The van der Waals surface area contributed by atoms with E-state index < -0.39 is 0 Å². The number of aryl methyl sites for hydroxylation is 1. The van der Waals surface area contributed by atoms with Crippen LogP contribution in [0.15, 0.2) is 23.0 Å². The average Bonchev–Trinajstić information content (AvgIpc) is 3.32. The van der Waals surface area contributed by atoms with Crippen LogP contribution in [0.4, 0.5) is 0 Å². The molecule has 3 aromatic rings. The van der Waals surface area contributed by atoms with Gasteiger partial charge in [-0.1, -0.05) is 18.3 Å². The number of rotatable bonds is 6. The second-order valence-corrected chi connectivity index (χ2v) is 7.48. The second-order valence-electron chi connectivity index (χ2n) is 7.07. The van der Waals surface area contributed by atoms with Crippen molar-refractivity contribution in [1.29, 1.82) is 0 Å². The van der Waals surface area contributed by atoms with E-state index in [0.29, 0.717) is 28.8 Å². The van der Waals surface area contributed by atoms with Crippen molar-refractivity contribution in [3.05, 3.63) is 44.7 Å². The number of benzene rings is 1. The second kappa shape index (κ2) is 7.79. The van der Waals surface area contributed by atoms with Gasteiger partial charge < -0.3 is 14.5 Å². The summed E-state index contributed by atoms with van der Waals surface area (Å²) in [5, 5.41) is 0. The first-order chi connectivity index (χ1) is 13.6. The molecule has 0 saturated heterocycles. The Hall–Kier alpha value is -2.61. The van der Waals surface area contributed by atoms with Crippen LogP contribution in [0, 0.1) is 4.64 Å². The van der Waals surface area contributed by atoms with Crippen molar-refractivity contribution in [1.82, 2.24) is 19.5 Å². The predicted molar refractivity (Wildman–Crippen MR) is 110 cm³/mol. The fraction of sp³-hybridized carbons (Fsp3) is 0.450. The summed E-state index contributed by atoms with van der Waals surface area (Å²) in [6, 6.07) is 5.94. The molecule has 0 amide bonds. The van der Waals surface area contributed by atoms with Crippen LogP contribution >= 0.6 is 12.2 Å². The molecule has 1 aromatic carbocycles. The lowest BCUT2D eigenvalue weighted by molar-refractivity contribution is 0.200. The number of imidazole rings is 1. The molecule has 0 bridgehead atoms. The molecule has 0 aliphatic heterocycles. The highest BCUT2D eigenvalue weighted by Crippen LogP contribution is 2.33. The van der Waals surface area contributed by atoms with E-state index in [1.54, 1.807) is 11.7 Å². The van der Waals surface area contributed by atoms with E-state index in [4.69, 9.17) is 21.7 Å². The molecular formula is C20H24N4O3S. The molecule has 1 saturated carbocycles. The van der Waals surface area contributed by atoms with Gasteiger partial charge in [0.25, 0.3) is 0 Å². The maximum absolute atomic E-state index is 12.1. The molecule has 0 spiro atoms. The minimum absolute atomic E-state index is 0.241. The van der Waals surface area contributed by atoms with Gasteiger partial charge in [0.2, 0.25) is 0 Å². The van der Waals surface area contributed by atoms with Crippen molar-refractivity contribution in [3.8, 4) is 11.5 Å². The van der Waals surface area contributed by atoms with Crippen LogP contribution in [0.25, 0.3) is 11.2 Å². The smallest absolute Gasteiger partial charge is 0.328 e. The van der Waals surface area contributed by atoms with Gasteiger partial charge in [-0.15, -0.1) is 0 Å². The van der Waals surface area contributed by atoms with Crippen LogP contribution in [0.2, 0.25) is 0 Å². The Balaban J connectivity index is 1.66. The number of aromatic amines is 2. The van der Waals surface area contributed by atoms with E-state index in [2.05, 4.69) is 15.0 Å². The lowest BCUT2D eigenvalue weighted by Crippen LogP contribution is -2.22. The predicted octanol–water partition coefficient (Wildman–Crippen LogP) is 3.72. The third-order valence-corrected chi connectivity index (χ3v) is 5.50. The molecule has 7 nitrogen and oxygen atoms in total. The lowest BCUT2D eigenvalue weighted by Gasteiger charge is -2.16. The quantitative estimate of drug-likeness (QED) is 0.616. The minimum Gasteiger partial charge on any atom is -0.493 e. The fourth-order valence-electron chi connectivity index (χ4n) is 3.77. The Morgan fingerprint density at radius 2 is 2.04 bits per heavy atom. The normalized spacial score (nSPS) is 14.6. The maximum Gasteiger partial charge on any atom is 0.328 e. The average molecular weight is 401 g/mol. The van der Waals surface area contributed by atoms with Crippen molar-refractivity contribution in [2.75, 3.05) is 7.11 Å². The maximum atomic E-state index is 12.1. The molecular weight excluding hydrogens is 376 g/mol. The zero-order chi connectivity index (χ0) is 19.7. The summed E-state index contributed by atoms with van der Waals surface area (Å²) in [4.78, 5) is 22.7. The zero-order valence-electron chi connectivity index (χ0n) is 16.1. The van der Waals surface area contributed by atoms with E-state index in [-0.39, 0.29) is 11.8 Å². The minimum atomic E-state index is -0.241. The Morgan fingerprint density at radius 1 is 1.25 bits per heavy atom. The fourth-order valence-corrected chi connectivity index (χ4v) is 4.00. The van der Waals surface area contributed by atoms with Crippen molar-refractivity contribution in [2.45, 2.75) is 51.7 Å². The van der Waals surface area contributed by atoms with Crippen LogP contribution in [-0.2, 0) is 13.0 Å². The van der Waals surface area contributed by atoms with Gasteiger partial charge in [-0.2, -0.15) is 0 Å². The van der Waals surface area contributed by atoms with Gasteiger partial charge in [0.05, 0.1) is 13.2 Å². The molecule has 8 heteroatoms. The Bertz CT molecular complexity index is 1110. The number of nitrogens with one attached hydrogen (secondary N) is 2. The van der Waals surface area contributed by atoms with E-state index in [1.165, 1.54) is 12.8 Å². The van der Waals surface area contributed by atoms with E-state index in [9.17, 15) is 4.79 Å². The van der Waals surface area contributed by atoms with Crippen LogP contribution in [0.3, 0.4) is 0 Å². The molecule has 1 aliphatic rings. The number of H-pyrrole nitrogens is 2. The van der Waals surface area contributed by atoms with Gasteiger partial charge in [-0.3, -0.25) is 9.55 Å². The largest absolute Gasteiger partial charge is 0.493 e. The Morgan fingerprint density at radius 3 is 2.75 bits per heavy atom. The number of nitrogens with zero attached hydrogens (tertiary/aromatic N) is 2. The third-order valence-electron chi connectivity index (χ3n) is 5.19. The molecule has 1 aliphatic carbocycles. The molecule has 0 unspecified atom stereocenters. The number of fused-ring (bicyclic) bond motifs is 1. The first-order valence-electron chi connectivity index (χ1n) is 9.64. The van der Waals surface area contributed by atoms with E-state index in [1.807, 2.05) is 25.1 Å². The summed E-state index contributed by atoms with van der Waals surface area (Å²) in [5.74, 6) is 2.26. The highest BCUT2D eigenvalue weighted by Gasteiger charge is 2.19. The molecule has 148 valence electrons. The first-order valence-corrected chi connectivity index (χ1v) is 10.0. The van der Waals surface area contributed by atoms with Crippen molar-refractivity contribution in [2.24, 2.45) is 0 Å². The summed E-state index contributed by atoms with van der Waals surface area (Å²) < 4.78 is 13.6. The van der Waals surface area contributed by atoms with Crippen molar-refractivity contribution in [3.63, 3.8) is 0 Å². The number of hydrogen-bond donors (Lipinski definition) is 2. The Kier molecular flexibility index (Phi) is 5.21.